The van der Waals surface area contributed by atoms with Crippen molar-refractivity contribution in [1.82, 2.24) is 15.3 Å². The molecule has 1 amide bonds. The van der Waals surface area contributed by atoms with Crippen molar-refractivity contribution in [2.45, 2.75) is 38.3 Å². The number of hydrogen-bond acceptors (Lipinski definition) is 7. The first-order chi connectivity index (χ1) is 22.3. The molecule has 0 spiro atoms. The van der Waals surface area contributed by atoms with Gasteiger partial charge in [0.1, 0.15) is 11.3 Å². The third kappa shape index (κ3) is 7.09. The van der Waals surface area contributed by atoms with E-state index in [4.69, 9.17) is 4.42 Å². The second-order valence-corrected chi connectivity index (χ2v) is 11.2. The zero-order valence-corrected chi connectivity index (χ0v) is 25.0. The quantitative estimate of drug-likeness (QED) is 0.0845. The molecular formula is C36H34N4O6. The number of hydrogen-bond donors (Lipinski definition) is 6. The van der Waals surface area contributed by atoms with Gasteiger partial charge in [-0.1, -0.05) is 54.6 Å². The molecule has 2 heterocycles. The summed E-state index contributed by atoms with van der Waals surface area (Å²) in [6.45, 7) is 0.763. The minimum atomic E-state index is -1.09. The fourth-order valence-corrected chi connectivity index (χ4v) is 5.69. The Balaban J connectivity index is 1.02. The number of aliphatic hydroxyl groups excluding tert-OH is 1. The largest absolute Gasteiger partial charge is 0.506 e. The van der Waals surface area contributed by atoms with Gasteiger partial charge < -0.3 is 30.0 Å². The number of aromatic amines is 1. The first kappa shape index (κ1) is 30.6. The monoisotopic (exact) mass is 618 g/mol. The van der Waals surface area contributed by atoms with Crippen LogP contribution < -0.4 is 16.2 Å². The second kappa shape index (κ2) is 13.7. The van der Waals surface area contributed by atoms with Crippen LogP contribution in [-0.4, -0.2) is 37.9 Å². The number of anilines is 1. The van der Waals surface area contributed by atoms with Gasteiger partial charge >= 0.3 is 6.09 Å². The van der Waals surface area contributed by atoms with Gasteiger partial charge in [0.2, 0.25) is 5.56 Å². The zero-order valence-electron chi connectivity index (χ0n) is 25.0. The minimum absolute atomic E-state index is 0.0470. The summed E-state index contributed by atoms with van der Waals surface area (Å²) in [5.74, 6) is 0.620. The molecule has 6 N–H and O–H groups in total. The third-order valence-corrected chi connectivity index (χ3v) is 7.95. The van der Waals surface area contributed by atoms with Crippen molar-refractivity contribution in [3.8, 4) is 16.9 Å². The van der Waals surface area contributed by atoms with Crippen LogP contribution in [0.1, 0.15) is 41.5 Å². The molecule has 0 saturated carbocycles. The molecule has 0 bridgehead atoms. The number of amides is 1. The molecular weight excluding hydrogens is 584 g/mol. The normalized spacial score (nSPS) is 12.0. The highest BCUT2D eigenvalue weighted by Crippen LogP contribution is 2.30. The van der Waals surface area contributed by atoms with Gasteiger partial charge in [0.05, 0.1) is 17.3 Å². The zero-order chi connectivity index (χ0) is 32.0. The number of unbranched alkanes of at least 4 members (excludes halogenated alkanes) is 1. The predicted molar refractivity (Wildman–Crippen MR) is 177 cm³/mol. The number of aliphatic hydroxyl groups is 1. The average Bonchev–Trinajstić information content (AvgIpc) is 3.46. The van der Waals surface area contributed by atoms with E-state index in [0.29, 0.717) is 46.6 Å². The highest BCUT2D eigenvalue weighted by atomic mass is 16.4. The maximum absolute atomic E-state index is 11.7. The number of phenols is 1. The molecule has 2 aromatic heterocycles. The van der Waals surface area contributed by atoms with Gasteiger partial charge in [-0.25, -0.2) is 9.78 Å². The number of aryl methyl sites for hydroxylation is 2. The van der Waals surface area contributed by atoms with E-state index in [1.807, 2.05) is 66.7 Å². The van der Waals surface area contributed by atoms with E-state index in [-0.39, 0.29) is 17.9 Å². The Hall–Kier alpha value is -5.45. The molecule has 0 saturated heterocycles. The number of pyridine rings is 1. The molecule has 1 unspecified atom stereocenters. The summed E-state index contributed by atoms with van der Waals surface area (Å²) in [5, 5.41) is 36.7. The fraction of sp³-hybridized carbons (Fsp3) is 0.194. The summed E-state index contributed by atoms with van der Waals surface area (Å²) in [6.07, 6.45) is 1.28. The Bertz CT molecular complexity index is 2050. The summed E-state index contributed by atoms with van der Waals surface area (Å²) >= 11 is 0. The van der Waals surface area contributed by atoms with Crippen LogP contribution in [0.4, 0.5) is 10.5 Å². The van der Waals surface area contributed by atoms with Gasteiger partial charge in [0.15, 0.2) is 11.5 Å². The molecule has 4 aromatic carbocycles. The van der Waals surface area contributed by atoms with Crippen molar-refractivity contribution in [3.05, 3.63) is 124 Å². The molecule has 234 valence electrons. The second-order valence-electron chi connectivity index (χ2n) is 11.2. The first-order valence-electron chi connectivity index (χ1n) is 15.1. The predicted octanol–water partition coefficient (Wildman–Crippen LogP) is 6.52. The molecule has 6 rings (SSSR count). The number of H-pyrrole nitrogens is 1. The Labute approximate surface area is 264 Å². The summed E-state index contributed by atoms with van der Waals surface area (Å²) in [7, 11) is 0. The molecule has 10 heteroatoms. The smallest absolute Gasteiger partial charge is 0.409 e. The molecule has 0 radical (unpaired) electrons. The number of benzene rings is 4. The highest BCUT2D eigenvalue weighted by Gasteiger charge is 2.15. The van der Waals surface area contributed by atoms with Crippen LogP contribution in [0.25, 0.3) is 33.1 Å². The van der Waals surface area contributed by atoms with Gasteiger partial charge in [-0.05, 0) is 71.8 Å². The van der Waals surface area contributed by atoms with Crippen molar-refractivity contribution in [1.29, 1.82) is 0 Å². The average molecular weight is 619 g/mol. The Kier molecular flexibility index (Phi) is 9.09. The summed E-state index contributed by atoms with van der Waals surface area (Å²) in [6, 6.07) is 27.5. The van der Waals surface area contributed by atoms with Crippen molar-refractivity contribution < 1.29 is 24.5 Å². The number of aromatic nitrogens is 2. The van der Waals surface area contributed by atoms with Crippen LogP contribution in [0.2, 0.25) is 0 Å². The maximum Gasteiger partial charge on any atom is 0.409 e. The van der Waals surface area contributed by atoms with Gasteiger partial charge in [0.25, 0.3) is 0 Å². The van der Waals surface area contributed by atoms with E-state index in [2.05, 4.69) is 20.6 Å². The van der Waals surface area contributed by atoms with Gasteiger partial charge in [-0.3, -0.25) is 10.1 Å². The number of carboxylic acid groups (broad SMARTS) is 1. The first-order valence-corrected chi connectivity index (χ1v) is 15.1. The topological polar surface area (TPSA) is 161 Å². The number of carbonyl (C=O) groups is 1. The van der Waals surface area contributed by atoms with Crippen LogP contribution in [0, 0.1) is 0 Å². The van der Waals surface area contributed by atoms with Crippen LogP contribution in [0.5, 0.6) is 5.75 Å². The van der Waals surface area contributed by atoms with Crippen LogP contribution in [0.3, 0.4) is 0 Å². The van der Waals surface area contributed by atoms with E-state index in [1.54, 1.807) is 12.1 Å². The number of nitrogens with one attached hydrogen (secondary N) is 3. The summed E-state index contributed by atoms with van der Waals surface area (Å²) < 4.78 is 6.04. The van der Waals surface area contributed by atoms with Crippen molar-refractivity contribution in [2.24, 2.45) is 0 Å². The van der Waals surface area contributed by atoms with E-state index < -0.39 is 12.2 Å². The molecule has 1 atom stereocenters. The standard InChI is InChI=1S/C36H34N4O6/c41-30-16-13-26(27-14-17-33(43)40-35(27)30)31(42)21-37-20-23-11-15-28-32(19-23)46-34(38-28)9-5-4-6-22-10-12-25(24-7-2-1-3-8-24)29(18-22)39-36(44)45/h1-3,7-8,10-19,31,37,39,41-42H,4-6,9,20-21H2,(H,40,43)(H,44,45). The van der Waals surface area contributed by atoms with E-state index >= 15 is 0 Å². The van der Waals surface area contributed by atoms with E-state index in [9.17, 15) is 24.9 Å². The van der Waals surface area contributed by atoms with Gasteiger partial charge in [-0.2, -0.15) is 0 Å². The third-order valence-electron chi connectivity index (χ3n) is 7.95. The van der Waals surface area contributed by atoms with Crippen molar-refractivity contribution in [2.75, 3.05) is 11.9 Å². The SMILES string of the molecule is O=C(O)Nc1cc(CCCCc2nc3ccc(CNCC(O)c4ccc(O)c5[nH]c(=O)ccc45)cc3o2)ccc1-c1ccccc1. The number of aromatic hydroxyl groups is 1. The summed E-state index contributed by atoms with van der Waals surface area (Å²) in [4.78, 5) is 30.3. The van der Waals surface area contributed by atoms with Crippen LogP contribution in [-0.2, 0) is 19.4 Å². The lowest BCUT2D eigenvalue weighted by molar-refractivity contribution is 0.176. The molecule has 0 aliphatic rings. The lowest BCUT2D eigenvalue weighted by Gasteiger charge is -2.15. The highest BCUT2D eigenvalue weighted by molar-refractivity contribution is 5.91. The van der Waals surface area contributed by atoms with Crippen molar-refractivity contribution in [3.63, 3.8) is 0 Å². The Morgan fingerprint density at radius 3 is 2.54 bits per heavy atom. The molecule has 0 fully saturated rings. The van der Waals surface area contributed by atoms with E-state index in [0.717, 1.165) is 47.0 Å². The van der Waals surface area contributed by atoms with Gasteiger partial charge in [-0.15, -0.1) is 0 Å². The lowest BCUT2D eigenvalue weighted by atomic mass is 9.99. The van der Waals surface area contributed by atoms with Crippen LogP contribution in [0.15, 0.2) is 100 Å². The molecule has 46 heavy (non-hydrogen) atoms. The maximum atomic E-state index is 11.7. The van der Waals surface area contributed by atoms with Crippen LogP contribution >= 0.6 is 0 Å². The Morgan fingerprint density at radius 1 is 0.913 bits per heavy atom. The lowest BCUT2D eigenvalue weighted by Crippen LogP contribution is -2.21. The molecule has 0 aliphatic heterocycles. The number of fused-ring (bicyclic) bond motifs is 2. The van der Waals surface area contributed by atoms with Gasteiger partial charge in [0, 0.05) is 36.5 Å². The fourth-order valence-electron chi connectivity index (χ4n) is 5.69. The molecule has 6 aromatic rings. The number of rotatable bonds is 12. The number of oxazole rings is 1. The number of nitrogens with zero attached hydrogens (tertiary/aromatic N) is 1. The number of phenolic OH excluding ortho intramolecular Hbond substituents is 1. The minimum Gasteiger partial charge on any atom is -0.506 e. The molecule has 0 aliphatic carbocycles. The van der Waals surface area contributed by atoms with Crippen molar-refractivity contribution >= 4 is 33.8 Å². The van der Waals surface area contributed by atoms with E-state index in [1.165, 1.54) is 12.1 Å². The molecule has 10 nitrogen and oxygen atoms in total. The Morgan fingerprint density at radius 2 is 1.72 bits per heavy atom. The summed E-state index contributed by atoms with van der Waals surface area (Å²) in [5.41, 5.74) is 6.46.